The Kier molecular flexibility index (Phi) is 3.74. The number of nitriles is 1. The van der Waals surface area contributed by atoms with Gasteiger partial charge in [-0.2, -0.15) is 5.26 Å². The summed E-state index contributed by atoms with van der Waals surface area (Å²) in [4.78, 5) is 12.1. The number of rotatable bonds is 2. The molecule has 0 saturated heterocycles. The average molecular weight is 281 g/mol. The largest absolute Gasteiger partial charge is 0.508 e. The zero-order valence-electron chi connectivity index (χ0n) is 12.6. The van der Waals surface area contributed by atoms with Gasteiger partial charge in [0.25, 0.3) is 0 Å². The Morgan fingerprint density at radius 2 is 1.86 bits per heavy atom. The molecule has 0 bridgehead atoms. The first-order chi connectivity index (χ1) is 9.76. The monoisotopic (exact) mass is 281 g/mol. The van der Waals surface area contributed by atoms with Crippen molar-refractivity contribution in [1.29, 1.82) is 5.26 Å². The van der Waals surface area contributed by atoms with Crippen LogP contribution in [-0.4, -0.2) is 10.9 Å². The zero-order valence-corrected chi connectivity index (χ0v) is 12.6. The number of aromatic hydroxyl groups is 1. The van der Waals surface area contributed by atoms with E-state index < -0.39 is 5.41 Å². The van der Waals surface area contributed by atoms with E-state index in [0.29, 0.717) is 6.42 Å². The summed E-state index contributed by atoms with van der Waals surface area (Å²) in [6.45, 7) is 5.79. The van der Waals surface area contributed by atoms with Gasteiger partial charge in [0.2, 0.25) is 0 Å². The normalized spacial score (nSPS) is 24.7. The second-order valence-corrected chi connectivity index (χ2v) is 6.49. The van der Waals surface area contributed by atoms with Gasteiger partial charge in [-0.15, -0.1) is 0 Å². The van der Waals surface area contributed by atoms with E-state index >= 15 is 0 Å². The highest BCUT2D eigenvalue weighted by Gasteiger charge is 2.41. The molecule has 3 nitrogen and oxygen atoms in total. The van der Waals surface area contributed by atoms with Crippen LogP contribution >= 0.6 is 0 Å². The molecule has 0 spiro atoms. The van der Waals surface area contributed by atoms with E-state index in [1.807, 2.05) is 51.1 Å². The summed E-state index contributed by atoms with van der Waals surface area (Å²) in [5, 5.41) is 18.4. The van der Waals surface area contributed by atoms with Crippen LogP contribution in [0.4, 0.5) is 0 Å². The van der Waals surface area contributed by atoms with Crippen molar-refractivity contribution in [1.82, 2.24) is 0 Å². The van der Waals surface area contributed by atoms with Crippen molar-refractivity contribution in [3.63, 3.8) is 0 Å². The van der Waals surface area contributed by atoms with E-state index in [9.17, 15) is 9.90 Å². The van der Waals surface area contributed by atoms with Gasteiger partial charge in [0, 0.05) is 10.8 Å². The van der Waals surface area contributed by atoms with Gasteiger partial charge in [0.15, 0.2) is 5.78 Å². The summed E-state index contributed by atoms with van der Waals surface area (Å²) >= 11 is 0. The number of carbonyl (C=O) groups excluding carboxylic acids is 1. The highest BCUT2D eigenvalue weighted by molar-refractivity contribution is 6.03. The van der Waals surface area contributed by atoms with Crippen molar-refractivity contribution >= 4 is 11.9 Å². The Balaban J connectivity index is 2.34. The van der Waals surface area contributed by atoms with Crippen LogP contribution < -0.4 is 0 Å². The maximum Gasteiger partial charge on any atom is 0.178 e. The van der Waals surface area contributed by atoms with Gasteiger partial charge in [-0.05, 0) is 24.1 Å². The summed E-state index contributed by atoms with van der Waals surface area (Å²) in [7, 11) is 0. The molecule has 0 amide bonds. The van der Waals surface area contributed by atoms with Crippen LogP contribution in [0, 0.1) is 22.2 Å². The predicted molar refractivity (Wildman–Crippen MR) is 82.3 cm³/mol. The summed E-state index contributed by atoms with van der Waals surface area (Å²) in [5.41, 5.74) is 0.341. The Bertz CT molecular complexity index is 659. The third-order valence-electron chi connectivity index (χ3n) is 3.83. The van der Waals surface area contributed by atoms with Crippen molar-refractivity contribution in [2.45, 2.75) is 27.2 Å². The second-order valence-electron chi connectivity index (χ2n) is 6.49. The predicted octanol–water partition coefficient (Wildman–Crippen LogP) is 3.86. The number of phenolic OH excluding ortho intramolecular Hbond substituents is 1. The molecule has 1 aromatic rings. The van der Waals surface area contributed by atoms with E-state index in [0.717, 1.165) is 5.56 Å². The summed E-state index contributed by atoms with van der Waals surface area (Å²) in [5.74, 6) is 0.148. The molecular weight excluding hydrogens is 262 g/mol. The fourth-order valence-electron chi connectivity index (χ4n) is 2.91. The average Bonchev–Trinajstić information content (AvgIpc) is 2.42. The minimum absolute atomic E-state index is 0.0829. The smallest absolute Gasteiger partial charge is 0.178 e. The number of phenols is 1. The molecule has 1 unspecified atom stereocenters. The molecule has 0 heterocycles. The van der Waals surface area contributed by atoms with Crippen molar-refractivity contribution in [3.8, 4) is 11.8 Å². The van der Waals surface area contributed by atoms with E-state index in [1.54, 1.807) is 18.2 Å². The van der Waals surface area contributed by atoms with Gasteiger partial charge in [-0.25, -0.2) is 0 Å². The Morgan fingerprint density at radius 1 is 1.24 bits per heavy atom. The summed E-state index contributed by atoms with van der Waals surface area (Å²) < 4.78 is 0. The van der Waals surface area contributed by atoms with Crippen molar-refractivity contribution < 1.29 is 9.90 Å². The molecule has 0 aliphatic heterocycles. The Labute approximate surface area is 125 Å². The number of ketones is 1. The molecule has 1 aromatic carbocycles. The lowest BCUT2D eigenvalue weighted by molar-refractivity contribution is -0.124. The lowest BCUT2D eigenvalue weighted by atomic mass is 9.65. The number of Topliss-reactive ketones (excluding diaryl/α,β-unsaturated/α-hetero) is 1. The number of benzene rings is 1. The minimum atomic E-state index is -0.534. The second kappa shape index (κ2) is 5.21. The highest BCUT2D eigenvalue weighted by atomic mass is 16.3. The molecular formula is C18H19NO2. The quantitative estimate of drug-likeness (QED) is 0.895. The molecule has 2 rings (SSSR count). The molecule has 0 saturated carbocycles. The lowest BCUT2D eigenvalue weighted by Crippen LogP contribution is -2.36. The first-order valence-electron chi connectivity index (χ1n) is 6.92. The van der Waals surface area contributed by atoms with Crippen LogP contribution in [0.2, 0.25) is 0 Å². The maximum absolute atomic E-state index is 12.1. The van der Waals surface area contributed by atoms with Crippen LogP contribution in [0.25, 0.3) is 6.08 Å². The van der Waals surface area contributed by atoms with E-state index in [2.05, 4.69) is 0 Å². The maximum atomic E-state index is 12.1. The molecule has 0 radical (unpaired) electrons. The first kappa shape index (κ1) is 15.1. The van der Waals surface area contributed by atoms with Gasteiger partial charge in [-0.1, -0.05) is 51.1 Å². The number of nitrogens with zero attached hydrogens (tertiary/aromatic N) is 1. The van der Waals surface area contributed by atoms with Crippen molar-refractivity contribution in [2.75, 3.05) is 0 Å². The van der Waals surface area contributed by atoms with Gasteiger partial charge in [0.1, 0.15) is 11.8 Å². The fraction of sp³-hybridized carbons (Fsp3) is 0.333. The van der Waals surface area contributed by atoms with E-state index in [1.165, 1.54) is 0 Å². The van der Waals surface area contributed by atoms with Crippen molar-refractivity contribution in [3.05, 3.63) is 47.6 Å². The third kappa shape index (κ3) is 3.22. The van der Waals surface area contributed by atoms with Crippen LogP contribution in [0.5, 0.6) is 5.75 Å². The fourth-order valence-corrected chi connectivity index (χ4v) is 2.91. The van der Waals surface area contributed by atoms with Gasteiger partial charge in [-0.3, -0.25) is 4.79 Å². The topological polar surface area (TPSA) is 61.1 Å². The van der Waals surface area contributed by atoms with Crippen molar-refractivity contribution in [2.24, 2.45) is 10.8 Å². The van der Waals surface area contributed by atoms with Crippen LogP contribution in [0.1, 0.15) is 32.8 Å². The third-order valence-corrected chi connectivity index (χ3v) is 3.83. The number of hydrogen-bond acceptors (Lipinski definition) is 3. The van der Waals surface area contributed by atoms with E-state index in [-0.39, 0.29) is 22.5 Å². The Morgan fingerprint density at radius 3 is 2.43 bits per heavy atom. The van der Waals surface area contributed by atoms with Crippen LogP contribution in [-0.2, 0) is 4.79 Å². The molecule has 0 fully saturated rings. The zero-order chi connectivity index (χ0) is 15.7. The summed E-state index contributed by atoms with van der Waals surface area (Å²) in [6, 6.07) is 8.92. The number of carbonyl (C=O) groups is 1. The van der Waals surface area contributed by atoms with Crippen LogP contribution in [0.15, 0.2) is 42.0 Å². The van der Waals surface area contributed by atoms with Crippen LogP contribution in [0.3, 0.4) is 0 Å². The molecule has 1 aliphatic carbocycles. The lowest BCUT2D eigenvalue weighted by Gasteiger charge is -2.37. The molecule has 1 aliphatic rings. The first-order valence-corrected chi connectivity index (χ1v) is 6.92. The van der Waals surface area contributed by atoms with Gasteiger partial charge in [0.05, 0.1) is 5.57 Å². The number of hydrogen-bond donors (Lipinski definition) is 1. The molecule has 21 heavy (non-hydrogen) atoms. The Hall–Kier alpha value is -2.34. The molecule has 108 valence electrons. The van der Waals surface area contributed by atoms with E-state index in [4.69, 9.17) is 5.26 Å². The summed E-state index contributed by atoms with van der Waals surface area (Å²) in [6.07, 6.45) is 6.40. The molecule has 3 heteroatoms. The standard InChI is InChI=1S/C18H19NO2/c1-17(2)12-18(3,10-14(11-19)16(17)21)9-8-13-4-6-15(20)7-5-13/h4-10,20H,12H2,1-3H3. The highest BCUT2D eigenvalue weighted by Crippen LogP contribution is 2.43. The SMILES string of the molecule is CC1(C=Cc2ccc(O)cc2)C=C(C#N)C(=O)C(C)(C)C1. The van der Waals surface area contributed by atoms with Gasteiger partial charge < -0.3 is 5.11 Å². The molecule has 0 aromatic heterocycles. The minimum Gasteiger partial charge on any atom is -0.508 e. The van der Waals surface area contributed by atoms with Gasteiger partial charge >= 0.3 is 0 Å². The molecule has 1 N–H and O–H groups in total. The number of allylic oxidation sites excluding steroid dienone is 3. The molecule has 1 atom stereocenters.